The van der Waals surface area contributed by atoms with E-state index in [0.29, 0.717) is 0 Å². The second-order valence-electron chi connectivity index (χ2n) is 21.2. The fraction of sp³-hybridized carbons (Fsp3) is 0. The number of nitrogens with zero attached hydrogens (tertiary/aromatic N) is 2. The van der Waals surface area contributed by atoms with Crippen molar-refractivity contribution >= 4 is 93.1 Å². The summed E-state index contributed by atoms with van der Waals surface area (Å²) < 4.78 is 8.72. The standard InChI is InChI=1S/C78H50N2O/c1-3-14-51(15-4-1)53-26-37-60(38-27-53)79(62-43-32-56(33-44-62)64-23-13-25-77-78(64)70-22-11-12-24-76(70)81-77)61-39-28-55(29-40-61)59-36-47-75-73(50-59)72-49-58(52-16-5-2-6-17-52)35-46-74(72)80(75)63-41-30-54(31-42-63)57-34-45-69-67-20-8-7-18-65(67)66-19-9-10-21-68(66)71(69)48-57/h1-50H. The number of benzene rings is 14. The Morgan fingerprint density at radius 3 is 1.15 bits per heavy atom. The van der Waals surface area contributed by atoms with Gasteiger partial charge in [0.25, 0.3) is 0 Å². The smallest absolute Gasteiger partial charge is 0.136 e. The van der Waals surface area contributed by atoms with Crippen molar-refractivity contribution in [3.8, 4) is 61.3 Å². The van der Waals surface area contributed by atoms with Crippen LogP contribution in [0.15, 0.2) is 308 Å². The van der Waals surface area contributed by atoms with E-state index < -0.39 is 0 Å². The largest absolute Gasteiger partial charge is 0.456 e. The number of rotatable bonds is 9. The number of para-hydroxylation sites is 1. The molecule has 0 radical (unpaired) electrons. The summed E-state index contributed by atoms with van der Waals surface area (Å²) >= 11 is 0. The van der Waals surface area contributed by atoms with Crippen LogP contribution < -0.4 is 4.90 Å². The topological polar surface area (TPSA) is 21.3 Å². The highest BCUT2D eigenvalue weighted by Crippen LogP contribution is 2.43. The number of aromatic nitrogens is 1. The van der Waals surface area contributed by atoms with Gasteiger partial charge in [0, 0.05) is 44.3 Å². The Kier molecular flexibility index (Phi) is 10.9. The highest BCUT2D eigenvalue weighted by atomic mass is 16.3. The van der Waals surface area contributed by atoms with Gasteiger partial charge in [-0.3, -0.25) is 0 Å². The summed E-state index contributed by atoms with van der Waals surface area (Å²) in [4.78, 5) is 2.35. The van der Waals surface area contributed by atoms with Crippen LogP contribution in [-0.2, 0) is 0 Å². The molecular weight excluding hydrogens is 981 g/mol. The average Bonchev–Trinajstić information content (AvgIpc) is 4.33. The molecule has 14 aromatic carbocycles. The number of furan rings is 1. The molecule has 16 aromatic rings. The van der Waals surface area contributed by atoms with Gasteiger partial charge in [-0.1, -0.05) is 212 Å². The first-order valence-corrected chi connectivity index (χ1v) is 27.8. The molecule has 2 heterocycles. The van der Waals surface area contributed by atoms with Crippen LogP contribution in [0.1, 0.15) is 0 Å². The lowest BCUT2D eigenvalue weighted by Crippen LogP contribution is -2.09. The fourth-order valence-corrected chi connectivity index (χ4v) is 12.7. The summed E-state index contributed by atoms with van der Waals surface area (Å²) in [5.41, 5.74) is 20.2. The lowest BCUT2D eigenvalue weighted by molar-refractivity contribution is 0.669. The van der Waals surface area contributed by atoms with Crippen LogP contribution in [0, 0.1) is 0 Å². The van der Waals surface area contributed by atoms with Gasteiger partial charge in [0.1, 0.15) is 11.2 Å². The third-order valence-electron chi connectivity index (χ3n) is 16.6. The molecule has 0 fully saturated rings. The van der Waals surface area contributed by atoms with Crippen LogP contribution in [0.3, 0.4) is 0 Å². The molecular formula is C78H50N2O. The number of fused-ring (bicyclic) bond motifs is 12. The van der Waals surface area contributed by atoms with Crippen molar-refractivity contribution in [2.45, 2.75) is 0 Å². The summed E-state index contributed by atoms with van der Waals surface area (Å²) in [6.07, 6.45) is 0. The Hall–Kier alpha value is -10.7. The van der Waals surface area contributed by atoms with Crippen LogP contribution in [0.25, 0.3) is 137 Å². The van der Waals surface area contributed by atoms with E-state index in [0.717, 1.165) is 72.5 Å². The maximum atomic E-state index is 6.29. The monoisotopic (exact) mass is 1030 g/mol. The SMILES string of the molecule is c1ccc(-c2ccc(N(c3ccc(-c4ccc5c(c4)c4cc(-c6ccccc6)ccc4n5-c4ccc(-c5ccc6c7ccccc7c7ccccc7c6c5)cc4)cc3)c3ccc(-c4cccc5oc6ccccc6c45)cc3)cc2)cc1. The van der Waals surface area contributed by atoms with Crippen molar-refractivity contribution in [3.05, 3.63) is 303 Å². The summed E-state index contributed by atoms with van der Waals surface area (Å²) in [7, 11) is 0. The fourth-order valence-electron chi connectivity index (χ4n) is 12.7. The molecule has 0 spiro atoms. The predicted octanol–water partition coefficient (Wildman–Crippen LogP) is 21.9. The molecule has 0 saturated heterocycles. The summed E-state index contributed by atoms with van der Waals surface area (Å²) in [6.45, 7) is 0. The van der Waals surface area contributed by atoms with E-state index in [9.17, 15) is 0 Å². The minimum absolute atomic E-state index is 0.894. The zero-order chi connectivity index (χ0) is 53.4. The molecule has 378 valence electrons. The molecule has 0 amide bonds. The molecule has 2 aromatic heterocycles. The number of hydrogen-bond acceptors (Lipinski definition) is 2. The van der Waals surface area contributed by atoms with Gasteiger partial charge in [0.15, 0.2) is 0 Å². The molecule has 0 aliphatic heterocycles. The first-order chi connectivity index (χ1) is 40.1. The zero-order valence-corrected chi connectivity index (χ0v) is 44.2. The second-order valence-corrected chi connectivity index (χ2v) is 21.2. The van der Waals surface area contributed by atoms with Crippen molar-refractivity contribution in [1.29, 1.82) is 0 Å². The first-order valence-electron chi connectivity index (χ1n) is 27.8. The van der Waals surface area contributed by atoms with E-state index in [1.54, 1.807) is 0 Å². The average molecular weight is 1030 g/mol. The van der Waals surface area contributed by atoms with Crippen molar-refractivity contribution in [1.82, 2.24) is 4.57 Å². The summed E-state index contributed by atoms with van der Waals surface area (Å²) in [5.74, 6) is 0. The van der Waals surface area contributed by atoms with Gasteiger partial charge in [-0.05, 0) is 179 Å². The second kappa shape index (κ2) is 19.0. The van der Waals surface area contributed by atoms with Gasteiger partial charge in [-0.2, -0.15) is 0 Å². The lowest BCUT2D eigenvalue weighted by Gasteiger charge is -2.26. The summed E-state index contributed by atoms with van der Waals surface area (Å²) in [5, 5.41) is 12.4. The highest BCUT2D eigenvalue weighted by molar-refractivity contribution is 6.26. The van der Waals surface area contributed by atoms with Crippen LogP contribution in [0.5, 0.6) is 0 Å². The third-order valence-corrected chi connectivity index (χ3v) is 16.6. The minimum Gasteiger partial charge on any atom is -0.456 e. The Labute approximate surface area is 469 Å². The molecule has 0 bridgehead atoms. The van der Waals surface area contributed by atoms with Crippen molar-refractivity contribution in [3.63, 3.8) is 0 Å². The van der Waals surface area contributed by atoms with Crippen molar-refractivity contribution in [2.75, 3.05) is 4.90 Å². The lowest BCUT2D eigenvalue weighted by atomic mass is 9.92. The van der Waals surface area contributed by atoms with Crippen LogP contribution in [-0.4, -0.2) is 4.57 Å². The molecule has 81 heavy (non-hydrogen) atoms. The molecule has 0 aliphatic rings. The normalized spacial score (nSPS) is 11.7. The van der Waals surface area contributed by atoms with Crippen LogP contribution >= 0.6 is 0 Å². The minimum atomic E-state index is 0.894. The highest BCUT2D eigenvalue weighted by Gasteiger charge is 2.19. The maximum absolute atomic E-state index is 6.29. The third kappa shape index (κ3) is 7.89. The van der Waals surface area contributed by atoms with Gasteiger partial charge in [-0.15, -0.1) is 0 Å². The van der Waals surface area contributed by atoms with Crippen molar-refractivity contribution < 1.29 is 4.42 Å². The van der Waals surface area contributed by atoms with E-state index in [-0.39, 0.29) is 0 Å². The molecule has 3 heteroatoms. The van der Waals surface area contributed by atoms with Crippen molar-refractivity contribution in [2.24, 2.45) is 0 Å². The van der Waals surface area contributed by atoms with E-state index in [1.807, 2.05) is 12.1 Å². The first kappa shape index (κ1) is 46.4. The Balaban J connectivity index is 0.774. The van der Waals surface area contributed by atoms with Crippen LogP contribution in [0.2, 0.25) is 0 Å². The molecule has 0 atom stereocenters. The quantitative estimate of drug-likeness (QED) is 0.134. The van der Waals surface area contributed by atoms with E-state index in [4.69, 9.17) is 4.42 Å². The molecule has 0 unspecified atom stereocenters. The Bertz CT molecular complexity index is 5020. The predicted molar refractivity (Wildman–Crippen MR) is 342 cm³/mol. The van der Waals surface area contributed by atoms with Gasteiger partial charge in [0.2, 0.25) is 0 Å². The van der Waals surface area contributed by atoms with E-state index >= 15 is 0 Å². The van der Waals surface area contributed by atoms with Gasteiger partial charge < -0.3 is 13.9 Å². The van der Waals surface area contributed by atoms with Gasteiger partial charge in [0.05, 0.1) is 11.0 Å². The van der Waals surface area contributed by atoms with E-state index in [2.05, 4.69) is 301 Å². The number of anilines is 3. The molecule has 0 saturated carbocycles. The Morgan fingerprint density at radius 2 is 0.605 bits per heavy atom. The molecule has 0 N–H and O–H groups in total. The van der Waals surface area contributed by atoms with Gasteiger partial charge >= 0.3 is 0 Å². The molecule has 0 aliphatic carbocycles. The van der Waals surface area contributed by atoms with Gasteiger partial charge in [-0.25, -0.2) is 0 Å². The molecule has 16 rings (SSSR count). The Morgan fingerprint density at radius 1 is 0.235 bits per heavy atom. The van der Waals surface area contributed by atoms with Crippen LogP contribution in [0.4, 0.5) is 17.1 Å². The zero-order valence-electron chi connectivity index (χ0n) is 44.2. The summed E-state index contributed by atoms with van der Waals surface area (Å²) in [6, 6.07) is 110. The molecule has 3 nitrogen and oxygen atoms in total. The number of hydrogen-bond donors (Lipinski definition) is 0. The van der Waals surface area contributed by atoms with E-state index in [1.165, 1.54) is 82.0 Å². The maximum Gasteiger partial charge on any atom is 0.136 e.